The van der Waals surface area contributed by atoms with Crippen LogP contribution in [0.5, 0.6) is 0 Å². The van der Waals surface area contributed by atoms with Crippen molar-refractivity contribution in [2.75, 3.05) is 5.73 Å². The molecule has 0 aliphatic rings. The second kappa shape index (κ2) is 8.19. The minimum absolute atomic E-state index is 0.0568. The number of rotatable bonds is 6. The molecule has 29 heavy (non-hydrogen) atoms. The summed E-state index contributed by atoms with van der Waals surface area (Å²) in [5.74, 6) is -0.558. The zero-order valence-electron chi connectivity index (χ0n) is 15.2. The Morgan fingerprint density at radius 2 is 2.00 bits per heavy atom. The van der Waals surface area contributed by atoms with Gasteiger partial charge in [-0.1, -0.05) is 47.7 Å². The Hall–Kier alpha value is -3.59. The zero-order chi connectivity index (χ0) is 20.2. The molecule has 0 saturated carbocycles. The Morgan fingerprint density at radius 1 is 1.21 bits per heavy atom. The van der Waals surface area contributed by atoms with Gasteiger partial charge >= 0.3 is 0 Å². The fourth-order valence-electron chi connectivity index (χ4n) is 3.01. The van der Waals surface area contributed by atoms with Crippen molar-refractivity contribution in [3.8, 4) is 0 Å². The number of nitrogens with one attached hydrogen (secondary N) is 1. The molecule has 0 unspecified atom stereocenters. The summed E-state index contributed by atoms with van der Waals surface area (Å²) >= 11 is 1.16. The third-order valence-electron chi connectivity index (χ3n) is 4.31. The average molecular weight is 408 g/mol. The van der Waals surface area contributed by atoms with Gasteiger partial charge in [-0.2, -0.15) is 5.10 Å². The number of hydrogen-bond donors (Lipinski definition) is 2. The number of amides is 1. The van der Waals surface area contributed by atoms with E-state index in [1.165, 1.54) is 6.07 Å². The summed E-state index contributed by atoms with van der Waals surface area (Å²) in [4.78, 5) is 12.0. The number of halogens is 1. The number of carbonyl (C=O) groups is 1. The van der Waals surface area contributed by atoms with Gasteiger partial charge in [-0.05, 0) is 12.1 Å². The third kappa shape index (κ3) is 4.30. The molecule has 146 valence electrons. The van der Waals surface area contributed by atoms with E-state index in [4.69, 9.17) is 5.73 Å². The largest absolute Gasteiger partial charge is 0.374 e. The number of para-hydroxylation sites is 1. The van der Waals surface area contributed by atoms with Crippen molar-refractivity contribution in [1.29, 1.82) is 0 Å². The molecule has 3 N–H and O–H groups in total. The number of nitrogens with two attached hydrogens (primary N) is 1. The minimum Gasteiger partial charge on any atom is -0.374 e. The SMILES string of the molecule is Nc1nnc(CC(=O)NN=Cc2cn(Cc3ccccc3F)c3ccccc23)s1. The standard InChI is InChI=1S/C20H17FN6OS/c21-16-7-3-1-5-13(16)11-27-12-14(15-6-2-4-8-17(15)27)10-23-24-18(28)9-19-25-26-20(22)29-19/h1-8,10,12H,9,11H2,(H2,22,26)(H,24,28). The number of anilines is 1. The van der Waals surface area contributed by atoms with Crippen LogP contribution in [0.3, 0.4) is 0 Å². The third-order valence-corrected chi connectivity index (χ3v) is 5.06. The number of nitrogens with zero attached hydrogens (tertiary/aromatic N) is 4. The molecule has 2 aromatic carbocycles. The first-order valence-electron chi connectivity index (χ1n) is 8.81. The molecule has 7 nitrogen and oxygen atoms in total. The van der Waals surface area contributed by atoms with Crippen molar-refractivity contribution in [3.63, 3.8) is 0 Å². The molecule has 0 spiro atoms. The van der Waals surface area contributed by atoms with Gasteiger partial charge in [-0.3, -0.25) is 4.79 Å². The van der Waals surface area contributed by atoms with E-state index in [9.17, 15) is 9.18 Å². The summed E-state index contributed by atoms with van der Waals surface area (Å²) in [6, 6.07) is 14.5. The van der Waals surface area contributed by atoms with Crippen molar-refractivity contribution in [1.82, 2.24) is 20.2 Å². The summed E-state index contributed by atoms with van der Waals surface area (Å²) in [5, 5.41) is 13.3. The summed E-state index contributed by atoms with van der Waals surface area (Å²) < 4.78 is 16.0. The van der Waals surface area contributed by atoms with Crippen molar-refractivity contribution >= 4 is 39.5 Å². The van der Waals surface area contributed by atoms with Crippen LogP contribution in [0.2, 0.25) is 0 Å². The molecule has 0 atom stereocenters. The summed E-state index contributed by atoms with van der Waals surface area (Å²) in [6.45, 7) is 0.395. The van der Waals surface area contributed by atoms with E-state index in [-0.39, 0.29) is 18.1 Å². The van der Waals surface area contributed by atoms with Crippen molar-refractivity contribution in [2.24, 2.45) is 5.10 Å². The Labute approximate surface area is 169 Å². The molecule has 0 aliphatic carbocycles. The van der Waals surface area contributed by atoms with Crippen LogP contribution in [0.15, 0.2) is 59.8 Å². The molecular formula is C20H17FN6OS. The van der Waals surface area contributed by atoms with Crippen LogP contribution in [-0.2, 0) is 17.8 Å². The first-order valence-corrected chi connectivity index (χ1v) is 9.63. The van der Waals surface area contributed by atoms with Gasteiger partial charge in [0.05, 0.1) is 19.2 Å². The first-order chi connectivity index (χ1) is 14.1. The molecule has 9 heteroatoms. The molecule has 1 amide bonds. The molecule has 4 aromatic rings. The molecular weight excluding hydrogens is 391 g/mol. The summed E-state index contributed by atoms with van der Waals surface area (Å²) in [6.07, 6.45) is 3.52. The predicted octanol–water partition coefficient (Wildman–Crippen LogP) is 2.96. The van der Waals surface area contributed by atoms with E-state index in [1.807, 2.05) is 41.1 Å². The number of fused-ring (bicyclic) bond motifs is 1. The molecule has 0 radical (unpaired) electrons. The number of hydrazone groups is 1. The van der Waals surface area contributed by atoms with Crippen LogP contribution in [0.25, 0.3) is 10.9 Å². The van der Waals surface area contributed by atoms with Gasteiger partial charge in [0.2, 0.25) is 11.0 Å². The maximum absolute atomic E-state index is 14.1. The smallest absolute Gasteiger partial charge is 0.247 e. The van der Waals surface area contributed by atoms with E-state index in [2.05, 4.69) is 20.7 Å². The molecule has 0 saturated heterocycles. The van der Waals surface area contributed by atoms with Crippen molar-refractivity contribution < 1.29 is 9.18 Å². The predicted molar refractivity (Wildman–Crippen MR) is 111 cm³/mol. The van der Waals surface area contributed by atoms with Gasteiger partial charge in [0.15, 0.2) is 0 Å². The van der Waals surface area contributed by atoms with E-state index in [0.29, 0.717) is 22.2 Å². The number of nitrogen functional groups attached to an aromatic ring is 1. The lowest BCUT2D eigenvalue weighted by atomic mass is 10.2. The number of carbonyl (C=O) groups excluding carboxylic acids is 1. The zero-order valence-corrected chi connectivity index (χ0v) is 16.1. The molecule has 2 heterocycles. The van der Waals surface area contributed by atoms with Gasteiger partial charge in [-0.15, -0.1) is 10.2 Å². The van der Waals surface area contributed by atoms with Crippen molar-refractivity contribution in [2.45, 2.75) is 13.0 Å². The maximum Gasteiger partial charge on any atom is 0.247 e. The average Bonchev–Trinajstić information content (AvgIpc) is 3.27. The van der Waals surface area contributed by atoms with Crippen LogP contribution in [-0.4, -0.2) is 26.9 Å². The fourth-order valence-corrected chi connectivity index (χ4v) is 3.62. The minimum atomic E-state index is -0.313. The number of hydrogen-bond acceptors (Lipinski definition) is 6. The lowest BCUT2D eigenvalue weighted by molar-refractivity contribution is -0.120. The van der Waals surface area contributed by atoms with Gasteiger partial charge in [0.25, 0.3) is 0 Å². The van der Waals surface area contributed by atoms with E-state index < -0.39 is 0 Å². The van der Waals surface area contributed by atoms with E-state index >= 15 is 0 Å². The Kier molecular flexibility index (Phi) is 5.30. The summed E-state index contributed by atoms with van der Waals surface area (Å²) in [5.41, 5.74) is 10.4. The fraction of sp³-hybridized carbons (Fsp3) is 0.100. The van der Waals surface area contributed by atoms with E-state index in [0.717, 1.165) is 27.8 Å². The monoisotopic (exact) mass is 408 g/mol. The maximum atomic E-state index is 14.1. The molecule has 0 bridgehead atoms. The van der Waals surface area contributed by atoms with Crippen LogP contribution >= 0.6 is 11.3 Å². The normalized spacial score (nSPS) is 11.3. The lowest BCUT2D eigenvalue weighted by Gasteiger charge is -2.06. The van der Waals surface area contributed by atoms with Crippen LogP contribution in [0, 0.1) is 5.82 Å². The Bertz CT molecular complexity index is 1200. The second-order valence-corrected chi connectivity index (χ2v) is 7.42. The van der Waals surface area contributed by atoms with Crippen LogP contribution in [0.1, 0.15) is 16.1 Å². The quantitative estimate of drug-likeness (QED) is 0.379. The highest BCUT2D eigenvalue weighted by molar-refractivity contribution is 7.15. The van der Waals surface area contributed by atoms with Gasteiger partial charge in [-0.25, -0.2) is 9.82 Å². The molecule has 2 aromatic heterocycles. The van der Waals surface area contributed by atoms with Gasteiger partial charge in [0, 0.05) is 28.2 Å². The van der Waals surface area contributed by atoms with Gasteiger partial charge < -0.3 is 10.3 Å². The Balaban J connectivity index is 1.52. The highest BCUT2D eigenvalue weighted by Gasteiger charge is 2.10. The van der Waals surface area contributed by atoms with Crippen LogP contribution < -0.4 is 11.2 Å². The molecule has 0 aliphatic heterocycles. The molecule has 0 fully saturated rings. The van der Waals surface area contributed by atoms with Crippen molar-refractivity contribution in [3.05, 3.63) is 76.7 Å². The first kappa shape index (κ1) is 18.8. The van der Waals surface area contributed by atoms with Crippen LogP contribution in [0.4, 0.5) is 9.52 Å². The summed E-state index contributed by atoms with van der Waals surface area (Å²) in [7, 11) is 0. The Morgan fingerprint density at radius 3 is 2.79 bits per heavy atom. The van der Waals surface area contributed by atoms with E-state index in [1.54, 1.807) is 18.3 Å². The molecule has 4 rings (SSSR count). The highest BCUT2D eigenvalue weighted by Crippen LogP contribution is 2.22. The highest BCUT2D eigenvalue weighted by atomic mass is 32.1. The number of benzene rings is 2. The topological polar surface area (TPSA) is 98.2 Å². The second-order valence-electron chi connectivity index (χ2n) is 6.32. The lowest BCUT2D eigenvalue weighted by Crippen LogP contribution is -2.19. The van der Waals surface area contributed by atoms with Gasteiger partial charge in [0.1, 0.15) is 10.8 Å². The number of aromatic nitrogens is 3.